The number of hydrogen-bond acceptors (Lipinski definition) is 4. The summed E-state index contributed by atoms with van der Waals surface area (Å²) in [6, 6.07) is 9.70. The van der Waals surface area contributed by atoms with Crippen LogP contribution in [0.2, 0.25) is 0 Å². The summed E-state index contributed by atoms with van der Waals surface area (Å²) in [4.78, 5) is 13.1. The Morgan fingerprint density at radius 2 is 2.21 bits per heavy atom. The molecule has 1 aromatic rings. The molecule has 1 unspecified atom stereocenters. The minimum Gasteiger partial charge on any atom is -0.481 e. The van der Waals surface area contributed by atoms with Crippen LogP contribution in [0.5, 0.6) is 0 Å². The second kappa shape index (κ2) is 6.60. The topological polar surface area (TPSA) is 64.3 Å². The van der Waals surface area contributed by atoms with Gasteiger partial charge in [0.25, 0.3) is 0 Å². The number of carbonyl (C=O) groups is 1. The lowest BCUT2D eigenvalue weighted by Gasteiger charge is -2.34. The molecule has 1 saturated heterocycles. The van der Waals surface area contributed by atoms with Crippen LogP contribution in [0.15, 0.2) is 24.3 Å². The van der Waals surface area contributed by atoms with E-state index in [-0.39, 0.29) is 12.5 Å². The minimum absolute atomic E-state index is 0.104. The number of aliphatic carboxylic acids is 1. The van der Waals surface area contributed by atoms with E-state index in [9.17, 15) is 4.79 Å². The molecule has 19 heavy (non-hydrogen) atoms. The van der Waals surface area contributed by atoms with Crippen LogP contribution in [0.1, 0.15) is 17.5 Å². The molecule has 0 saturated carbocycles. The maximum Gasteiger partial charge on any atom is 0.304 e. The van der Waals surface area contributed by atoms with Crippen LogP contribution in [0.3, 0.4) is 0 Å². The number of carboxylic acid groups (broad SMARTS) is 1. The summed E-state index contributed by atoms with van der Waals surface area (Å²) in [6.45, 7) is 1.67. The minimum atomic E-state index is -0.739. The molecule has 1 aromatic carbocycles. The van der Waals surface area contributed by atoms with Crippen molar-refractivity contribution in [3.63, 3.8) is 0 Å². The van der Waals surface area contributed by atoms with E-state index in [1.807, 2.05) is 23.9 Å². The van der Waals surface area contributed by atoms with Gasteiger partial charge in [0.05, 0.1) is 18.1 Å². The molecule has 1 aliphatic rings. The number of hydrogen-bond donors (Lipinski definition) is 1. The van der Waals surface area contributed by atoms with E-state index in [0.717, 1.165) is 30.2 Å². The SMILES string of the molecule is N#Cc1ccc(CN2CCSCC2CC(=O)O)cc1. The van der Waals surface area contributed by atoms with Crippen molar-refractivity contribution in [3.8, 4) is 6.07 Å². The third-order valence-electron chi connectivity index (χ3n) is 3.23. The number of nitrogens with zero attached hydrogens (tertiary/aromatic N) is 2. The van der Waals surface area contributed by atoms with E-state index >= 15 is 0 Å². The van der Waals surface area contributed by atoms with Crippen LogP contribution in [0.25, 0.3) is 0 Å². The molecule has 0 aromatic heterocycles. The summed E-state index contributed by atoms with van der Waals surface area (Å²) in [7, 11) is 0. The molecule has 2 rings (SSSR count). The second-order valence-corrected chi connectivity index (χ2v) is 5.76. The Hall–Kier alpha value is -1.51. The van der Waals surface area contributed by atoms with Crippen molar-refractivity contribution in [3.05, 3.63) is 35.4 Å². The average Bonchev–Trinajstić information content (AvgIpc) is 2.41. The summed E-state index contributed by atoms with van der Waals surface area (Å²) in [5.41, 5.74) is 1.78. The normalized spacial score (nSPS) is 19.8. The van der Waals surface area contributed by atoms with Gasteiger partial charge in [-0.25, -0.2) is 0 Å². The van der Waals surface area contributed by atoms with Crippen molar-refractivity contribution in [1.29, 1.82) is 5.26 Å². The van der Waals surface area contributed by atoms with E-state index in [4.69, 9.17) is 10.4 Å². The summed E-state index contributed by atoms with van der Waals surface area (Å²) >= 11 is 1.82. The van der Waals surface area contributed by atoms with Crippen molar-refractivity contribution in [1.82, 2.24) is 4.90 Å². The lowest BCUT2D eigenvalue weighted by molar-refractivity contribution is -0.138. The Morgan fingerprint density at radius 3 is 2.84 bits per heavy atom. The molecule has 1 heterocycles. The molecule has 1 atom stereocenters. The van der Waals surface area contributed by atoms with Crippen molar-refractivity contribution in [2.75, 3.05) is 18.1 Å². The fourth-order valence-corrected chi connectivity index (χ4v) is 3.34. The van der Waals surface area contributed by atoms with E-state index in [2.05, 4.69) is 11.0 Å². The molecule has 0 radical (unpaired) electrons. The Kier molecular flexibility index (Phi) is 4.83. The van der Waals surface area contributed by atoms with Crippen LogP contribution in [0.4, 0.5) is 0 Å². The first-order chi connectivity index (χ1) is 9.19. The lowest BCUT2D eigenvalue weighted by atomic mass is 10.1. The Morgan fingerprint density at radius 1 is 1.47 bits per heavy atom. The second-order valence-electron chi connectivity index (χ2n) is 4.61. The van der Waals surface area contributed by atoms with Crippen molar-refractivity contribution in [2.45, 2.75) is 19.0 Å². The molecular formula is C14H16N2O2S. The van der Waals surface area contributed by atoms with Gasteiger partial charge in [-0.05, 0) is 17.7 Å². The predicted octanol–water partition coefficient (Wildman–Crippen LogP) is 1.95. The summed E-state index contributed by atoms with van der Waals surface area (Å²) < 4.78 is 0. The molecular weight excluding hydrogens is 260 g/mol. The molecule has 5 heteroatoms. The first-order valence-electron chi connectivity index (χ1n) is 6.21. The number of carboxylic acids is 1. The highest BCUT2D eigenvalue weighted by Crippen LogP contribution is 2.21. The zero-order valence-corrected chi connectivity index (χ0v) is 11.4. The van der Waals surface area contributed by atoms with Crippen molar-refractivity contribution >= 4 is 17.7 Å². The Bertz CT molecular complexity index is 481. The van der Waals surface area contributed by atoms with Gasteiger partial charge in [0, 0.05) is 30.6 Å². The van der Waals surface area contributed by atoms with Gasteiger partial charge < -0.3 is 5.11 Å². The summed E-state index contributed by atoms with van der Waals surface area (Å²) in [5.74, 6) is 1.19. The van der Waals surface area contributed by atoms with Gasteiger partial charge >= 0.3 is 5.97 Å². The van der Waals surface area contributed by atoms with Crippen LogP contribution >= 0.6 is 11.8 Å². The van der Waals surface area contributed by atoms with Gasteiger partial charge in [0.2, 0.25) is 0 Å². The highest BCUT2D eigenvalue weighted by atomic mass is 32.2. The molecule has 0 bridgehead atoms. The van der Waals surface area contributed by atoms with E-state index in [1.165, 1.54) is 0 Å². The monoisotopic (exact) mass is 276 g/mol. The fourth-order valence-electron chi connectivity index (χ4n) is 2.21. The molecule has 1 fully saturated rings. The molecule has 100 valence electrons. The Labute approximate surface area is 117 Å². The van der Waals surface area contributed by atoms with E-state index in [0.29, 0.717) is 5.56 Å². The van der Waals surface area contributed by atoms with Crippen molar-refractivity contribution < 1.29 is 9.90 Å². The fraction of sp³-hybridized carbons (Fsp3) is 0.429. The first kappa shape index (κ1) is 13.9. The van der Waals surface area contributed by atoms with Crippen LogP contribution < -0.4 is 0 Å². The van der Waals surface area contributed by atoms with Crippen LogP contribution in [-0.4, -0.2) is 40.1 Å². The Balaban J connectivity index is 2.02. The standard InChI is InChI=1S/C14H16N2O2S/c15-8-11-1-3-12(4-2-11)9-16-5-6-19-10-13(16)7-14(17)18/h1-4,13H,5-7,9-10H2,(H,17,18). The lowest BCUT2D eigenvalue weighted by Crippen LogP contribution is -2.42. The third-order valence-corrected chi connectivity index (χ3v) is 4.32. The number of thioether (sulfide) groups is 1. The summed E-state index contributed by atoms with van der Waals surface area (Å²) in [5, 5.41) is 17.7. The predicted molar refractivity (Wildman–Crippen MR) is 74.9 cm³/mol. The molecule has 1 aliphatic heterocycles. The van der Waals surface area contributed by atoms with E-state index < -0.39 is 5.97 Å². The zero-order chi connectivity index (χ0) is 13.7. The van der Waals surface area contributed by atoms with Crippen molar-refractivity contribution in [2.24, 2.45) is 0 Å². The molecule has 4 nitrogen and oxygen atoms in total. The van der Waals surface area contributed by atoms with E-state index in [1.54, 1.807) is 12.1 Å². The van der Waals surface area contributed by atoms with Gasteiger partial charge in [-0.3, -0.25) is 9.69 Å². The largest absolute Gasteiger partial charge is 0.481 e. The number of rotatable bonds is 4. The highest BCUT2D eigenvalue weighted by Gasteiger charge is 2.24. The van der Waals surface area contributed by atoms with Gasteiger partial charge in [-0.2, -0.15) is 17.0 Å². The third kappa shape index (κ3) is 3.98. The molecule has 0 amide bonds. The first-order valence-corrected chi connectivity index (χ1v) is 7.37. The maximum absolute atomic E-state index is 10.9. The highest BCUT2D eigenvalue weighted by molar-refractivity contribution is 7.99. The summed E-state index contributed by atoms with van der Waals surface area (Å²) in [6.07, 6.45) is 0.198. The number of benzene rings is 1. The smallest absolute Gasteiger partial charge is 0.304 e. The zero-order valence-electron chi connectivity index (χ0n) is 10.6. The molecule has 0 aliphatic carbocycles. The molecule has 1 N–H and O–H groups in total. The number of nitriles is 1. The maximum atomic E-state index is 10.9. The van der Waals surface area contributed by atoms with Crippen LogP contribution in [0, 0.1) is 11.3 Å². The van der Waals surface area contributed by atoms with Gasteiger partial charge in [-0.1, -0.05) is 12.1 Å². The molecule has 0 spiro atoms. The van der Waals surface area contributed by atoms with Gasteiger partial charge in [0.1, 0.15) is 0 Å². The van der Waals surface area contributed by atoms with Gasteiger partial charge in [0.15, 0.2) is 0 Å². The quantitative estimate of drug-likeness (QED) is 0.910. The van der Waals surface area contributed by atoms with Gasteiger partial charge in [-0.15, -0.1) is 0 Å². The van der Waals surface area contributed by atoms with Crippen LogP contribution in [-0.2, 0) is 11.3 Å². The average molecular weight is 276 g/mol.